The standard InChI is InChI=1S/C18H19F2NO3/c1-3-24-16(22)10-14(21)13-8-9-15(23-2)17(18(13)20)11-4-6-12(19)7-5-11/h4-9,14H,3,10,21H2,1-2H3. The van der Waals surface area contributed by atoms with Crippen molar-refractivity contribution in [3.8, 4) is 16.9 Å². The topological polar surface area (TPSA) is 61.5 Å². The molecule has 0 fully saturated rings. The number of hydrogen-bond donors (Lipinski definition) is 1. The highest BCUT2D eigenvalue weighted by atomic mass is 19.1. The van der Waals surface area contributed by atoms with Crippen LogP contribution in [0.4, 0.5) is 8.78 Å². The summed E-state index contributed by atoms with van der Waals surface area (Å²) in [5, 5.41) is 0. The SMILES string of the molecule is CCOC(=O)CC(N)c1ccc(OC)c(-c2ccc(F)cc2)c1F. The molecule has 0 spiro atoms. The highest BCUT2D eigenvalue weighted by Gasteiger charge is 2.22. The number of rotatable bonds is 6. The van der Waals surface area contributed by atoms with E-state index in [1.807, 2.05) is 0 Å². The number of halogens is 2. The van der Waals surface area contributed by atoms with Gasteiger partial charge in [0.2, 0.25) is 0 Å². The summed E-state index contributed by atoms with van der Waals surface area (Å²) in [4.78, 5) is 11.6. The number of methoxy groups -OCH3 is 1. The fourth-order valence-corrected chi connectivity index (χ4v) is 2.43. The number of benzene rings is 2. The summed E-state index contributed by atoms with van der Waals surface area (Å²) in [6.45, 7) is 1.92. The van der Waals surface area contributed by atoms with E-state index in [0.29, 0.717) is 11.3 Å². The molecule has 0 saturated carbocycles. The van der Waals surface area contributed by atoms with E-state index in [1.165, 1.54) is 37.4 Å². The summed E-state index contributed by atoms with van der Waals surface area (Å²) in [6, 6.07) is 7.58. The highest BCUT2D eigenvalue weighted by molar-refractivity contribution is 5.73. The third-order valence-electron chi connectivity index (χ3n) is 3.58. The van der Waals surface area contributed by atoms with Gasteiger partial charge in [0.1, 0.15) is 17.4 Å². The number of carbonyl (C=O) groups excluding carboxylic acids is 1. The van der Waals surface area contributed by atoms with Crippen LogP contribution in [0.25, 0.3) is 11.1 Å². The molecule has 2 aromatic rings. The van der Waals surface area contributed by atoms with E-state index >= 15 is 0 Å². The minimum atomic E-state index is -0.853. The lowest BCUT2D eigenvalue weighted by Gasteiger charge is -2.17. The summed E-state index contributed by atoms with van der Waals surface area (Å²) in [5.41, 5.74) is 6.75. The first-order valence-electron chi connectivity index (χ1n) is 7.51. The molecule has 6 heteroatoms. The second-order valence-electron chi connectivity index (χ2n) is 5.17. The lowest BCUT2D eigenvalue weighted by Crippen LogP contribution is -2.18. The van der Waals surface area contributed by atoms with Gasteiger partial charge < -0.3 is 15.2 Å². The Labute approximate surface area is 139 Å². The van der Waals surface area contributed by atoms with Crippen LogP contribution >= 0.6 is 0 Å². The van der Waals surface area contributed by atoms with E-state index in [1.54, 1.807) is 13.0 Å². The van der Waals surface area contributed by atoms with Gasteiger partial charge in [0.15, 0.2) is 0 Å². The van der Waals surface area contributed by atoms with Crippen molar-refractivity contribution in [2.24, 2.45) is 5.73 Å². The summed E-state index contributed by atoms with van der Waals surface area (Å²) in [5.74, 6) is -1.22. The molecular formula is C18H19F2NO3. The van der Waals surface area contributed by atoms with Gasteiger partial charge in [-0.25, -0.2) is 8.78 Å². The average molecular weight is 335 g/mol. The molecule has 0 amide bonds. The van der Waals surface area contributed by atoms with Crippen molar-refractivity contribution in [3.63, 3.8) is 0 Å². The second-order valence-corrected chi connectivity index (χ2v) is 5.17. The summed E-state index contributed by atoms with van der Waals surface area (Å²) in [7, 11) is 1.42. The zero-order valence-corrected chi connectivity index (χ0v) is 13.5. The third-order valence-corrected chi connectivity index (χ3v) is 3.58. The van der Waals surface area contributed by atoms with Crippen LogP contribution in [0.15, 0.2) is 36.4 Å². The van der Waals surface area contributed by atoms with E-state index in [0.717, 1.165) is 0 Å². The van der Waals surface area contributed by atoms with E-state index < -0.39 is 23.6 Å². The molecule has 128 valence electrons. The first-order chi connectivity index (χ1) is 11.5. The molecule has 0 aliphatic rings. The van der Waals surface area contributed by atoms with Crippen molar-refractivity contribution in [3.05, 3.63) is 53.6 Å². The lowest BCUT2D eigenvalue weighted by molar-refractivity contribution is -0.143. The molecule has 0 heterocycles. The molecule has 0 aliphatic carbocycles. The normalized spacial score (nSPS) is 11.9. The molecule has 4 nitrogen and oxygen atoms in total. The maximum Gasteiger partial charge on any atom is 0.307 e. The van der Waals surface area contributed by atoms with E-state index in [-0.39, 0.29) is 24.2 Å². The maximum absolute atomic E-state index is 15.0. The lowest BCUT2D eigenvalue weighted by atomic mass is 9.96. The van der Waals surface area contributed by atoms with Crippen LogP contribution in [0.5, 0.6) is 5.75 Å². The third kappa shape index (κ3) is 3.89. The van der Waals surface area contributed by atoms with Crippen molar-refractivity contribution in [2.45, 2.75) is 19.4 Å². The van der Waals surface area contributed by atoms with Crippen LogP contribution in [-0.4, -0.2) is 19.7 Å². The van der Waals surface area contributed by atoms with Crippen molar-refractivity contribution >= 4 is 5.97 Å². The summed E-state index contributed by atoms with van der Waals surface area (Å²) >= 11 is 0. The van der Waals surface area contributed by atoms with E-state index in [9.17, 15) is 13.6 Å². The molecule has 0 aliphatic heterocycles. The predicted octanol–water partition coefficient (Wildman–Crippen LogP) is 3.59. The monoisotopic (exact) mass is 335 g/mol. The Kier molecular flexibility index (Phi) is 5.87. The molecule has 24 heavy (non-hydrogen) atoms. The van der Waals surface area contributed by atoms with Crippen LogP contribution in [0.3, 0.4) is 0 Å². The molecule has 1 atom stereocenters. The molecule has 2 aromatic carbocycles. The highest BCUT2D eigenvalue weighted by Crippen LogP contribution is 2.36. The van der Waals surface area contributed by atoms with Crippen molar-refractivity contribution in [1.29, 1.82) is 0 Å². The number of ether oxygens (including phenoxy) is 2. The quantitative estimate of drug-likeness (QED) is 0.820. The molecule has 2 rings (SSSR count). The fourth-order valence-electron chi connectivity index (χ4n) is 2.43. The second kappa shape index (κ2) is 7.88. The largest absolute Gasteiger partial charge is 0.496 e. The molecule has 0 bridgehead atoms. The summed E-state index contributed by atoms with van der Waals surface area (Å²) < 4.78 is 38.1. The Balaban J connectivity index is 2.43. The molecule has 0 saturated heterocycles. The van der Waals surface area contributed by atoms with E-state index in [2.05, 4.69) is 0 Å². The van der Waals surface area contributed by atoms with E-state index in [4.69, 9.17) is 15.2 Å². The van der Waals surface area contributed by atoms with Gasteiger partial charge in [-0.3, -0.25) is 4.79 Å². The first kappa shape index (κ1) is 17.9. The zero-order chi connectivity index (χ0) is 17.7. The van der Waals surface area contributed by atoms with Crippen molar-refractivity contribution < 1.29 is 23.0 Å². The fraction of sp³-hybridized carbons (Fsp3) is 0.278. The predicted molar refractivity (Wildman–Crippen MR) is 86.5 cm³/mol. The smallest absolute Gasteiger partial charge is 0.307 e. The minimum absolute atomic E-state index is 0.139. The Hall–Kier alpha value is -2.47. The number of nitrogens with two attached hydrogens (primary N) is 1. The Morgan fingerprint density at radius 2 is 1.83 bits per heavy atom. The van der Waals surface area contributed by atoms with Crippen molar-refractivity contribution in [2.75, 3.05) is 13.7 Å². The molecule has 1 unspecified atom stereocenters. The van der Waals surface area contributed by atoms with Gasteiger partial charge in [0.05, 0.1) is 25.7 Å². The van der Waals surface area contributed by atoms with Crippen LogP contribution in [0.2, 0.25) is 0 Å². The van der Waals surface area contributed by atoms with Gasteiger partial charge in [-0.05, 0) is 30.7 Å². The Morgan fingerprint density at radius 3 is 2.42 bits per heavy atom. The first-order valence-corrected chi connectivity index (χ1v) is 7.51. The molecule has 2 N–H and O–H groups in total. The summed E-state index contributed by atoms with van der Waals surface area (Å²) in [6.07, 6.45) is -0.139. The van der Waals surface area contributed by atoms with Gasteiger partial charge in [0, 0.05) is 11.6 Å². The van der Waals surface area contributed by atoms with Crippen molar-refractivity contribution in [1.82, 2.24) is 0 Å². The Morgan fingerprint density at radius 1 is 1.17 bits per heavy atom. The van der Waals surface area contributed by atoms with Crippen LogP contribution in [0, 0.1) is 11.6 Å². The maximum atomic E-state index is 15.0. The Bertz CT molecular complexity index is 717. The van der Waals surface area contributed by atoms with Gasteiger partial charge in [-0.1, -0.05) is 18.2 Å². The van der Waals surface area contributed by atoms with Crippen LogP contribution in [-0.2, 0) is 9.53 Å². The average Bonchev–Trinajstić information content (AvgIpc) is 2.55. The minimum Gasteiger partial charge on any atom is -0.496 e. The van der Waals surface area contributed by atoms with Crippen LogP contribution in [0.1, 0.15) is 24.9 Å². The van der Waals surface area contributed by atoms with Gasteiger partial charge in [-0.15, -0.1) is 0 Å². The van der Waals surface area contributed by atoms with Gasteiger partial charge in [0.25, 0.3) is 0 Å². The van der Waals surface area contributed by atoms with Gasteiger partial charge >= 0.3 is 5.97 Å². The number of esters is 1. The zero-order valence-electron chi connectivity index (χ0n) is 13.5. The van der Waals surface area contributed by atoms with Crippen LogP contribution < -0.4 is 10.5 Å². The molecule has 0 radical (unpaired) electrons. The molecule has 0 aromatic heterocycles. The van der Waals surface area contributed by atoms with Gasteiger partial charge in [-0.2, -0.15) is 0 Å². The number of carbonyl (C=O) groups is 1. The molecular weight excluding hydrogens is 316 g/mol. The number of hydrogen-bond acceptors (Lipinski definition) is 4.